The molecule has 1 aromatic heterocycles. The van der Waals surface area contributed by atoms with E-state index in [-0.39, 0.29) is 23.9 Å². The van der Waals surface area contributed by atoms with Crippen LogP contribution in [0.1, 0.15) is 35.2 Å². The van der Waals surface area contributed by atoms with Crippen molar-refractivity contribution in [1.29, 1.82) is 5.26 Å². The molecule has 3 heterocycles. The Labute approximate surface area is 163 Å². The van der Waals surface area contributed by atoms with Crippen LogP contribution in [0.2, 0.25) is 0 Å². The van der Waals surface area contributed by atoms with E-state index in [0.717, 1.165) is 36.8 Å². The summed E-state index contributed by atoms with van der Waals surface area (Å²) < 4.78 is 5.52. The highest BCUT2D eigenvalue weighted by Gasteiger charge is 2.32. The van der Waals surface area contributed by atoms with E-state index in [0.29, 0.717) is 30.8 Å². The molecule has 2 aliphatic rings. The second-order valence-corrected chi connectivity index (χ2v) is 7.72. The molecule has 0 bridgehead atoms. The number of hydrogen-bond acceptors (Lipinski definition) is 5. The van der Waals surface area contributed by atoms with E-state index in [2.05, 4.69) is 16.3 Å². The van der Waals surface area contributed by atoms with E-state index in [1.54, 1.807) is 4.90 Å². The minimum atomic E-state index is -0.288. The van der Waals surface area contributed by atoms with Crippen LogP contribution < -0.4 is 5.32 Å². The molecule has 2 fully saturated rings. The number of nitriles is 1. The molecule has 2 aromatic rings. The molecule has 2 unspecified atom stereocenters. The van der Waals surface area contributed by atoms with Gasteiger partial charge in [-0.2, -0.15) is 5.26 Å². The average molecular weight is 380 g/mol. The van der Waals surface area contributed by atoms with Crippen molar-refractivity contribution in [1.82, 2.24) is 15.1 Å². The minimum Gasteiger partial charge on any atom is -0.463 e. The third-order valence-electron chi connectivity index (χ3n) is 5.66. The number of nitrogens with zero attached hydrogens (tertiary/aromatic N) is 3. The number of aryl methyl sites for hydroxylation is 1. The van der Waals surface area contributed by atoms with E-state index in [1.165, 1.54) is 6.26 Å². The smallest absolute Gasteiger partial charge is 0.255 e. The van der Waals surface area contributed by atoms with E-state index in [1.807, 2.05) is 25.1 Å². The maximum Gasteiger partial charge on any atom is 0.255 e. The molecule has 2 atom stereocenters. The second kappa shape index (κ2) is 7.64. The fraction of sp³-hybridized carbons (Fsp3) is 0.476. The van der Waals surface area contributed by atoms with Gasteiger partial charge in [0.2, 0.25) is 5.91 Å². The number of carbonyl (C=O) groups excluding carboxylic acids is 2. The van der Waals surface area contributed by atoms with Crippen molar-refractivity contribution < 1.29 is 14.0 Å². The Balaban J connectivity index is 1.33. The molecular weight excluding hydrogens is 356 g/mol. The standard InChI is InChI=1S/C21H24N4O3/c1-14-4-5-17-18(13-28-19(17)9-14)21(27)23-15-6-8-24(11-15)12-20(26)25-7-2-3-16(25)10-22/h4-5,9,13,15-16H,2-3,6-8,11-12H2,1H3,(H,23,27). The molecular formula is C21H24N4O3. The van der Waals surface area contributed by atoms with Crippen molar-refractivity contribution in [2.24, 2.45) is 0 Å². The second-order valence-electron chi connectivity index (χ2n) is 7.72. The van der Waals surface area contributed by atoms with Crippen LogP contribution in [0.3, 0.4) is 0 Å². The van der Waals surface area contributed by atoms with Crippen molar-refractivity contribution in [2.75, 3.05) is 26.2 Å². The fourth-order valence-corrected chi connectivity index (χ4v) is 4.15. The number of likely N-dealkylation sites (tertiary alicyclic amines) is 2. The van der Waals surface area contributed by atoms with Gasteiger partial charge in [0.25, 0.3) is 5.91 Å². The number of rotatable bonds is 4. The van der Waals surface area contributed by atoms with Gasteiger partial charge in [-0.25, -0.2) is 0 Å². The van der Waals surface area contributed by atoms with Crippen molar-refractivity contribution in [3.8, 4) is 6.07 Å². The molecule has 0 spiro atoms. The molecule has 1 aromatic carbocycles. The summed E-state index contributed by atoms with van der Waals surface area (Å²) in [5.74, 6) is -0.142. The zero-order valence-corrected chi connectivity index (χ0v) is 16.0. The van der Waals surface area contributed by atoms with Crippen molar-refractivity contribution >= 4 is 22.8 Å². The lowest BCUT2D eigenvalue weighted by atomic mass is 10.1. The normalized spacial score (nSPS) is 22.5. The molecule has 1 N–H and O–H groups in total. The third-order valence-corrected chi connectivity index (χ3v) is 5.66. The SMILES string of the molecule is Cc1ccc2c(C(=O)NC3CCN(CC(=O)N4CCCC4C#N)C3)coc2c1. The Kier molecular flexibility index (Phi) is 5.05. The topological polar surface area (TPSA) is 89.6 Å². The van der Waals surface area contributed by atoms with Gasteiger partial charge in [0.15, 0.2) is 0 Å². The molecule has 28 heavy (non-hydrogen) atoms. The summed E-state index contributed by atoms with van der Waals surface area (Å²) in [5, 5.41) is 13.0. The van der Waals surface area contributed by atoms with Gasteiger partial charge >= 0.3 is 0 Å². The fourth-order valence-electron chi connectivity index (χ4n) is 4.15. The lowest BCUT2D eigenvalue weighted by Crippen LogP contribution is -2.43. The van der Waals surface area contributed by atoms with Gasteiger partial charge in [-0.3, -0.25) is 14.5 Å². The van der Waals surface area contributed by atoms with Crippen LogP contribution in [0.15, 0.2) is 28.9 Å². The maximum absolute atomic E-state index is 12.7. The number of amides is 2. The monoisotopic (exact) mass is 380 g/mol. The Morgan fingerprint density at radius 3 is 3.00 bits per heavy atom. The Morgan fingerprint density at radius 2 is 2.18 bits per heavy atom. The molecule has 2 amide bonds. The Bertz CT molecular complexity index is 945. The molecule has 0 radical (unpaired) electrons. The van der Waals surface area contributed by atoms with Crippen LogP contribution >= 0.6 is 0 Å². The molecule has 146 valence electrons. The highest BCUT2D eigenvalue weighted by molar-refractivity contribution is 6.06. The van der Waals surface area contributed by atoms with Crippen LogP contribution in [0.5, 0.6) is 0 Å². The average Bonchev–Trinajstić information content (AvgIpc) is 3.40. The lowest BCUT2D eigenvalue weighted by Gasteiger charge is -2.23. The van der Waals surface area contributed by atoms with Gasteiger partial charge in [0, 0.05) is 31.1 Å². The minimum absolute atomic E-state index is 0.000963. The molecule has 7 heteroatoms. The summed E-state index contributed by atoms with van der Waals surface area (Å²) in [7, 11) is 0. The first-order chi connectivity index (χ1) is 13.5. The van der Waals surface area contributed by atoms with Gasteiger partial charge in [0.05, 0.1) is 18.2 Å². The number of carbonyl (C=O) groups is 2. The molecule has 2 saturated heterocycles. The lowest BCUT2D eigenvalue weighted by molar-refractivity contribution is -0.132. The van der Waals surface area contributed by atoms with Crippen molar-refractivity contribution in [2.45, 2.75) is 38.3 Å². The van der Waals surface area contributed by atoms with E-state index in [4.69, 9.17) is 9.68 Å². The number of furan rings is 1. The van der Waals surface area contributed by atoms with Crippen molar-refractivity contribution in [3.05, 3.63) is 35.6 Å². The van der Waals surface area contributed by atoms with Gasteiger partial charge in [-0.15, -0.1) is 0 Å². The molecule has 2 aliphatic heterocycles. The zero-order chi connectivity index (χ0) is 19.7. The largest absolute Gasteiger partial charge is 0.463 e. The predicted octanol–water partition coefficient (Wildman–Crippen LogP) is 2.06. The number of fused-ring (bicyclic) bond motifs is 1. The molecule has 4 rings (SSSR count). The number of benzene rings is 1. The maximum atomic E-state index is 12.7. The van der Waals surface area contributed by atoms with Gasteiger partial charge < -0.3 is 14.6 Å². The van der Waals surface area contributed by atoms with Crippen LogP contribution in [0.4, 0.5) is 0 Å². The summed E-state index contributed by atoms with van der Waals surface area (Å²) in [6.45, 7) is 4.35. The third kappa shape index (κ3) is 3.60. The van der Waals surface area contributed by atoms with Gasteiger partial charge in [0.1, 0.15) is 17.9 Å². The van der Waals surface area contributed by atoms with Crippen LogP contribution in [0, 0.1) is 18.3 Å². The van der Waals surface area contributed by atoms with Crippen molar-refractivity contribution in [3.63, 3.8) is 0 Å². The predicted molar refractivity (Wildman–Crippen MR) is 104 cm³/mol. The van der Waals surface area contributed by atoms with Crippen LogP contribution in [-0.4, -0.2) is 59.9 Å². The van der Waals surface area contributed by atoms with Gasteiger partial charge in [-0.1, -0.05) is 12.1 Å². The van der Waals surface area contributed by atoms with Gasteiger partial charge in [-0.05, 0) is 37.8 Å². The first-order valence-electron chi connectivity index (χ1n) is 9.75. The number of hydrogen-bond donors (Lipinski definition) is 1. The summed E-state index contributed by atoms with van der Waals surface area (Å²) in [5.41, 5.74) is 2.33. The first kappa shape index (κ1) is 18.5. The van der Waals surface area contributed by atoms with E-state index < -0.39 is 0 Å². The van der Waals surface area contributed by atoms with Crippen LogP contribution in [0.25, 0.3) is 11.0 Å². The number of nitrogens with one attached hydrogen (secondary N) is 1. The summed E-state index contributed by atoms with van der Waals surface area (Å²) in [6, 6.07) is 7.71. The molecule has 7 nitrogen and oxygen atoms in total. The quantitative estimate of drug-likeness (QED) is 0.877. The summed E-state index contributed by atoms with van der Waals surface area (Å²) in [4.78, 5) is 28.9. The molecule has 0 saturated carbocycles. The van der Waals surface area contributed by atoms with E-state index in [9.17, 15) is 9.59 Å². The zero-order valence-electron chi connectivity index (χ0n) is 16.0. The summed E-state index contributed by atoms with van der Waals surface area (Å²) >= 11 is 0. The summed E-state index contributed by atoms with van der Waals surface area (Å²) in [6.07, 6.45) is 3.96. The van der Waals surface area contributed by atoms with E-state index >= 15 is 0 Å². The highest BCUT2D eigenvalue weighted by atomic mass is 16.3. The Hall–Kier alpha value is -2.85. The molecule has 0 aliphatic carbocycles. The first-order valence-corrected chi connectivity index (χ1v) is 9.75. The Morgan fingerprint density at radius 1 is 1.32 bits per heavy atom. The van der Waals surface area contributed by atoms with Crippen LogP contribution in [-0.2, 0) is 4.79 Å². The highest BCUT2D eigenvalue weighted by Crippen LogP contribution is 2.23.